The molecule has 0 unspecified atom stereocenters. The van der Waals surface area contributed by atoms with Crippen molar-refractivity contribution in [1.82, 2.24) is 19.9 Å². The molecule has 3 aromatic heterocycles. The molecule has 1 saturated heterocycles. The van der Waals surface area contributed by atoms with Gasteiger partial charge in [-0.15, -0.1) is 0 Å². The Labute approximate surface area is 187 Å². The second-order valence-corrected chi connectivity index (χ2v) is 8.32. The summed E-state index contributed by atoms with van der Waals surface area (Å²) in [6.07, 6.45) is 5.47. The summed E-state index contributed by atoms with van der Waals surface area (Å²) in [4.78, 5) is 29.1. The molecule has 0 saturated carbocycles. The molecule has 0 radical (unpaired) electrons. The lowest BCUT2D eigenvalue weighted by molar-refractivity contribution is 0.0745. The number of aromatic nitrogens is 3. The molecule has 3 aromatic rings. The summed E-state index contributed by atoms with van der Waals surface area (Å²) in [5.74, 6) is 2.38. The highest BCUT2D eigenvalue weighted by atomic mass is 16.5. The van der Waals surface area contributed by atoms with Gasteiger partial charge in [-0.1, -0.05) is 0 Å². The number of ether oxygens (including phenoxy) is 2. The highest BCUT2D eigenvalue weighted by Gasteiger charge is 2.29. The number of aromatic amines is 1. The number of fused-ring (bicyclic) bond motifs is 1. The Morgan fingerprint density at radius 2 is 2.03 bits per heavy atom. The van der Waals surface area contributed by atoms with Crippen LogP contribution in [0.4, 0.5) is 5.82 Å². The van der Waals surface area contributed by atoms with Gasteiger partial charge in [0, 0.05) is 44.7 Å². The van der Waals surface area contributed by atoms with Crippen LogP contribution >= 0.6 is 0 Å². The van der Waals surface area contributed by atoms with E-state index >= 15 is 0 Å². The Kier molecular flexibility index (Phi) is 5.43. The van der Waals surface area contributed by atoms with Gasteiger partial charge in [0.25, 0.3) is 5.91 Å². The molecule has 1 fully saturated rings. The molecule has 2 aliphatic rings. The summed E-state index contributed by atoms with van der Waals surface area (Å²) in [6.45, 7) is 5.01. The fourth-order valence-electron chi connectivity index (χ4n) is 4.45. The van der Waals surface area contributed by atoms with Gasteiger partial charge in [0.1, 0.15) is 23.4 Å². The van der Waals surface area contributed by atoms with Crippen molar-refractivity contribution in [2.45, 2.75) is 39.0 Å². The molecule has 1 N–H and O–H groups in total. The number of pyridine rings is 2. The SMILES string of the molecule is COc1ccc(OC2CCN(c3nc4c(cc3C)CN(C(=O)c3ccc[nH]3)C4)CC2)cn1. The monoisotopic (exact) mass is 433 g/mol. The van der Waals surface area contributed by atoms with Crippen molar-refractivity contribution in [2.24, 2.45) is 0 Å². The second-order valence-electron chi connectivity index (χ2n) is 8.32. The number of aryl methyl sites for hydroxylation is 1. The smallest absolute Gasteiger partial charge is 0.270 e. The van der Waals surface area contributed by atoms with Gasteiger partial charge in [-0.3, -0.25) is 4.79 Å². The zero-order valence-corrected chi connectivity index (χ0v) is 18.4. The molecular formula is C24H27N5O3. The maximum Gasteiger partial charge on any atom is 0.270 e. The van der Waals surface area contributed by atoms with Gasteiger partial charge in [0.05, 0.1) is 25.5 Å². The van der Waals surface area contributed by atoms with Crippen LogP contribution in [0.2, 0.25) is 0 Å². The van der Waals surface area contributed by atoms with Gasteiger partial charge < -0.3 is 24.3 Å². The molecule has 5 rings (SSSR count). The number of hydrogen-bond acceptors (Lipinski definition) is 6. The first kappa shape index (κ1) is 20.4. The zero-order valence-electron chi connectivity index (χ0n) is 18.4. The van der Waals surface area contributed by atoms with Crippen molar-refractivity contribution in [2.75, 3.05) is 25.1 Å². The number of piperidine rings is 1. The van der Waals surface area contributed by atoms with Crippen LogP contribution in [-0.2, 0) is 13.1 Å². The van der Waals surface area contributed by atoms with Crippen LogP contribution in [0.15, 0.2) is 42.7 Å². The van der Waals surface area contributed by atoms with E-state index < -0.39 is 0 Å². The minimum atomic E-state index is 0.0122. The summed E-state index contributed by atoms with van der Waals surface area (Å²) in [5, 5.41) is 0. The third kappa shape index (κ3) is 4.00. The first-order valence-corrected chi connectivity index (χ1v) is 10.9. The first-order valence-electron chi connectivity index (χ1n) is 10.9. The quantitative estimate of drug-likeness (QED) is 0.665. The third-order valence-electron chi connectivity index (χ3n) is 6.13. The maximum absolute atomic E-state index is 12.7. The summed E-state index contributed by atoms with van der Waals surface area (Å²) >= 11 is 0. The lowest BCUT2D eigenvalue weighted by atomic mass is 10.1. The molecule has 8 nitrogen and oxygen atoms in total. The fourth-order valence-corrected chi connectivity index (χ4v) is 4.45. The van der Waals surface area contributed by atoms with E-state index in [0.717, 1.165) is 54.3 Å². The highest BCUT2D eigenvalue weighted by molar-refractivity contribution is 5.92. The highest BCUT2D eigenvalue weighted by Crippen LogP contribution is 2.30. The number of carbonyl (C=O) groups is 1. The number of nitrogens with zero attached hydrogens (tertiary/aromatic N) is 4. The predicted octanol–water partition coefficient (Wildman–Crippen LogP) is 3.33. The number of carbonyl (C=O) groups excluding carboxylic acids is 1. The summed E-state index contributed by atoms with van der Waals surface area (Å²) in [5.41, 5.74) is 3.89. The molecular weight excluding hydrogens is 406 g/mol. The molecule has 0 aromatic carbocycles. The Morgan fingerprint density at radius 1 is 1.19 bits per heavy atom. The average molecular weight is 434 g/mol. The van der Waals surface area contributed by atoms with Gasteiger partial charge in [-0.2, -0.15) is 0 Å². The van der Waals surface area contributed by atoms with Crippen LogP contribution in [0, 0.1) is 6.92 Å². The lowest BCUT2D eigenvalue weighted by Gasteiger charge is -2.34. The predicted molar refractivity (Wildman–Crippen MR) is 120 cm³/mol. The molecule has 0 bridgehead atoms. The van der Waals surface area contributed by atoms with Crippen LogP contribution in [0.25, 0.3) is 0 Å². The van der Waals surface area contributed by atoms with E-state index in [1.807, 2.05) is 29.2 Å². The van der Waals surface area contributed by atoms with Crippen LogP contribution in [0.3, 0.4) is 0 Å². The lowest BCUT2D eigenvalue weighted by Crippen LogP contribution is -2.39. The van der Waals surface area contributed by atoms with E-state index in [4.69, 9.17) is 14.5 Å². The molecule has 0 atom stereocenters. The Morgan fingerprint density at radius 3 is 2.72 bits per heavy atom. The van der Waals surface area contributed by atoms with E-state index in [1.54, 1.807) is 19.5 Å². The van der Waals surface area contributed by atoms with Crippen LogP contribution in [0.5, 0.6) is 11.6 Å². The van der Waals surface area contributed by atoms with Crippen molar-refractivity contribution in [1.29, 1.82) is 0 Å². The van der Waals surface area contributed by atoms with E-state index in [2.05, 4.69) is 27.9 Å². The molecule has 5 heterocycles. The van der Waals surface area contributed by atoms with Gasteiger partial charge in [-0.25, -0.2) is 9.97 Å². The normalized spacial score (nSPS) is 16.2. The number of nitrogens with one attached hydrogen (secondary N) is 1. The second kappa shape index (κ2) is 8.53. The van der Waals surface area contributed by atoms with Crippen molar-refractivity contribution in [3.05, 3.63) is 65.2 Å². The van der Waals surface area contributed by atoms with Crippen LogP contribution < -0.4 is 14.4 Å². The number of anilines is 1. The minimum Gasteiger partial charge on any atom is -0.489 e. The molecule has 0 spiro atoms. The topological polar surface area (TPSA) is 83.6 Å². The average Bonchev–Trinajstić information content (AvgIpc) is 3.49. The number of hydrogen-bond donors (Lipinski definition) is 1. The van der Waals surface area contributed by atoms with Crippen molar-refractivity contribution < 1.29 is 14.3 Å². The molecule has 166 valence electrons. The van der Waals surface area contributed by atoms with E-state index in [9.17, 15) is 4.79 Å². The molecule has 1 amide bonds. The Bertz CT molecular complexity index is 1090. The van der Waals surface area contributed by atoms with Crippen molar-refractivity contribution in [3.63, 3.8) is 0 Å². The molecule has 8 heteroatoms. The molecule has 0 aliphatic carbocycles. The largest absolute Gasteiger partial charge is 0.489 e. The number of H-pyrrole nitrogens is 1. The first-order chi connectivity index (χ1) is 15.6. The van der Waals surface area contributed by atoms with E-state index in [-0.39, 0.29) is 12.0 Å². The van der Waals surface area contributed by atoms with Gasteiger partial charge in [0.15, 0.2) is 0 Å². The third-order valence-corrected chi connectivity index (χ3v) is 6.13. The summed E-state index contributed by atoms with van der Waals surface area (Å²) < 4.78 is 11.2. The van der Waals surface area contributed by atoms with Gasteiger partial charge >= 0.3 is 0 Å². The maximum atomic E-state index is 12.7. The Hall–Kier alpha value is -3.55. The Balaban J connectivity index is 1.22. The summed E-state index contributed by atoms with van der Waals surface area (Å²) in [6, 6.07) is 9.54. The van der Waals surface area contributed by atoms with Gasteiger partial charge in [-0.05, 0) is 42.3 Å². The van der Waals surface area contributed by atoms with E-state index in [0.29, 0.717) is 24.7 Å². The standard InChI is InChI=1S/C24H27N5O3/c1-16-12-17-14-29(24(30)20-4-3-9-25-20)15-21(17)27-23(16)28-10-7-18(8-11-28)32-19-5-6-22(31-2)26-13-19/h3-6,9,12-13,18,25H,7-8,10-11,14-15H2,1-2H3. The minimum absolute atomic E-state index is 0.0122. The van der Waals surface area contributed by atoms with Crippen LogP contribution in [-0.4, -0.2) is 52.1 Å². The number of amides is 1. The summed E-state index contributed by atoms with van der Waals surface area (Å²) in [7, 11) is 1.60. The van der Waals surface area contributed by atoms with E-state index in [1.165, 1.54) is 0 Å². The van der Waals surface area contributed by atoms with Crippen molar-refractivity contribution >= 4 is 11.7 Å². The van der Waals surface area contributed by atoms with Crippen LogP contribution in [0.1, 0.15) is 40.2 Å². The molecule has 2 aliphatic heterocycles. The number of methoxy groups -OCH3 is 1. The van der Waals surface area contributed by atoms with Crippen molar-refractivity contribution in [3.8, 4) is 11.6 Å². The molecule has 32 heavy (non-hydrogen) atoms. The number of rotatable bonds is 5. The van der Waals surface area contributed by atoms with Gasteiger partial charge in [0.2, 0.25) is 5.88 Å². The fraction of sp³-hybridized carbons (Fsp3) is 0.375. The zero-order chi connectivity index (χ0) is 22.1.